The maximum Gasteiger partial charge on any atom is 0.363 e. The second-order valence-electron chi connectivity index (χ2n) is 1.89. The normalized spacial score (nSPS) is 9.33. The average Bonchev–Trinajstić information content (AvgIpc) is 2.04. The second kappa shape index (κ2) is 2.91. The topological polar surface area (TPSA) is 99.2 Å². The summed E-state index contributed by atoms with van der Waals surface area (Å²) in [6, 6.07) is 2.02. The highest BCUT2D eigenvalue weighted by Crippen LogP contribution is 2.12. The Hall–Kier alpha value is -2.05. The fourth-order valence-electron chi connectivity index (χ4n) is 0.594. The predicted octanol–water partition coefficient (Wildman–Crippen LogP) is 0.898. The molecule has 0 aliphatic heterocycles. The van der Waals surface area contributed by atoms with Gasteiger partial charge in [0, 0.05) is 12.1 Å². The van der Waals surface area contributed by atoms with Crippen LogP contribution in [0.3, 0.4) is 0 Å². The number of pyridine rings is 1. The summed E-state index contributed by atoms with van der Waals surface area (Å²) in [7, 11) is 0. The van der Waals surface area contributed by atoms with Crippen LogP contribution in [0.25, 0.3) is 0 Å². The number of rotatable bonds is 2. The van der Waals surface area contributed by atoms with Crippen LogP contribution in [0, 0.1) is 20.2 Å². The van der Waals surface area contributed by atoms with E-state index in [1.165, 1.54) is 0 Å². The Balaban J connectivity index is 3.01. The lowest BCUT2D eigenvalue weighted by molar-refractivity contribution is -0.393. The molecule has 0 saturated heterocycles. The molecule has 0 aliphatic carbocycles. The van der Waals surface area contributed by atoms with Gasteiger partial charge in [-0.15, -0.1) is 0 Å². The fraction of sp³-hybridized carbons (Fsp3) is 0. The molecule has 0 N–H and O–H groups in total. The molecule has 0 amide bonds. The third-order valence-electron chi connectivity index (χ3n) is 1.13. The van der Waals surface area contributed by atoms with Gasteiger partial charge < -0.3 is 10.1 Å². The molecule has 12 heavy (non-hydrogen) atoms. The van der Waals surface area contributed by atoms with E-state index in [2.05, 4.69) is 4.98 Å². The van der Waals surface area contributed by atoms with Crippen LogP contribution in [0.2, 0.25) is 0 Å². The largest absolute Gasteiger partial charge is 0.363 e. The molecule has 1 heterocycles. The lowest BCUT2D eigenvalue weighted by Crippen LogP contribution is -1.93. The molecule has 7 heteroatoms. The van der Waals surface area contributed by atoms with Crippen molar-refractivity contribution in [3.8, 4) is 0 Å². The lowest BCUT2D eigenvalue weighted by atomic mass is 10.4. The molecular formula is C5H3N3O4. The van der Waals surface area contributed by atoms with E-state index in [0.717, 1.165) is 18.3 Å². The van der Waals surface area contributed by atoms with E-state index in [1.807, 2.05) is 0 Å². The first-order chi connectivity index (χ1) is 5.61. The Morgan fingerprint density at radius 1 is 1.17 bits per heavy atom. The van der Waals surface area contributed by atoms with Gasteiger partial charge in [0.05, 0.1) is 4.92 Å². The van der Waals surface area contributed by atoms with Gasteiger partial charge >= 0.3 is 11.5 Å². The van der Waals surface area contributed by atoms with E-state index in [-0.39, 0.29) is 5.69 Å². The molecule has 0 aromatic carbocycles. The third-order valence-corrected chi connectivity index (χ3v) is 1.13. The molecule has 0 fully saturated rings. The third kappa shape index (κ3) is 1.51. The average molecular weight is 169 g/mol. The van der Waals surface area contributed by atoms with Gasteiger partial charge in [-0.3, -0.25) is 10.1 Å². The molecule has 0 spiro atoms. The summed E-state index contributed by atoms with van der Waals surface area (Å²) in [6.07, 6.45) is 0.845. The summed E-state index contributed by atoms with van der Waals surface area (Å²) in [5.41, 5.74) is -0.263. The zero-order valence-corrected chi connectivity index (χ0v) is 5.71. The molecule has 0 bridgehead atoms. The lowest BCUT2D eigenvalue weighted by Gasteiger charge is -1.89. The first kappa shape index (κ1) is 8.05. The van der Waals surface area contributed by atoms with Gasteiger partial charge in [0.1, 0.15) is 0 Å². The van der Waals surface area contributed by atoms with Crippen molar-refractivity contribution in [3.63, 3.8) is 0 Å². The van der Waals surface area contributed by atoms with Crippen LogP contribution in [0.15, 0.2) is 18.3 Å². The van der Waals surface area contributed by atoms with Crippen LogP contribution in [0.4, 0.5) is 11.5 Å². The Labute approximate surface area is 66.0 Å². The number of hydrogen-bond acceptors (Lipinski definition) is 5. The van der Waals surface area contributed by atoms with Crippen LogP contribution in [-0.4, -0.2) is 14.8 Å². The maximum absolute atomic E-state index is 10.1. The highest BCUT2D eigenvalue weighted by molar-refractivity contribution is 5.31. The molecule has 62 valence electrons. The quantitative estimate of drug-likeness (QED) is 0.483. The molecule has 1 aromatic rings. The summed E-state index contributed by atoms with van der Waals surface area (Å²) >= 11 is 0. The van der Waals surface area contributed by atoms with Crippen molar-refractivity contribution < 1.29 is 9.85 Å². The minimum atomic E-state index is -0.719. The molecule has 0 radical (unpaired) electrons. The molecule has 7 nitrogen and oxygen atoms in total. The van der Waals surface area contributed by atoms with E-state index in [4.69, 9.17) is 0 Å². The Morgan fingerprint density at radius 2 is 1.83 bits per heavy atom. The predicted molar refractivity (Wildman–Crippen MR) is 37.5 cm³/mol. The highest BCUT2D eigenvalue weighted by Gasteiger charge is 2.12. The SMILES string of the molecule is O=[N+]([O-])c1ccc([N+](=O)[O-])nc1. The minimum Gasteiger partial charge on any atom is -0.358 e. The first-order valence-corrected chi connectivity index (χ1v) is 2.86. The summed E-state index contributed by atoms with van der Waals surface area (Å²) < 4.78 is 0. The number of nitrogens with zero attached hydrogens (tertiary/aromatic N) is 3. The van der Waals surface area contributed by atoms with Gasteiger partial charge in [-0.1, -0.05) is 0 Å². The van der Waals surface area contributed by atoms with E-state index >= 15 is 0 Å². The van der Waals surface area contributed by atoms with Crippen molar-refractivity contribution in [2.24, 2.45) is 0 Å². The van der Waals surface area contributed by atoms with Crippen molar-refractivity contribution in [3.05, 3.63) is 38.6 Å². The van der Waals surface area contributed by atoms with Crippen molar-refractivity contribution in [1.29, 1.82) is 0 Å². The van der Waals surface area contributed by atoms with Crippen LogP contribution in [0.5, 0.6) is 0 Å². The van der Waals surface area contributed by atoms with E-state index in [0.29, 0.717) is 0 Å². The zero-order valence-electron chi connectivity index (χ0n) is 5.71. The minimum absolute atomic E-state index is 0.263. The van der Waals surface area contributed by atoms with Crippen LogP contribution < -0.4 is 0 Å². The summed E-state index contributed by atoms with van der Waals surface area (Å²) in [5, 5.41) is 20.1. The fourth-order valence-corrected chi connectivity index (χ4v) is 0.594. The van der Waals surface area contributed by atoms with Crippen molar-refractivity contribution in [1.82, 2.24) is 4.98 Å². The van der Waals surface area contributed by atoms with Crippen molar-refractivity contribution in [2.75, 3.05) is 0 Å². The number of hydrogen-bond donors (Lipinski definition) is 0. The number of aromatic nitrogens is 1. The molecule has 0 saturated carbocycles. The van der Waals surface area contributed by atoms with Gasteiger partial charge in [-0.2, -0.15) is 0 Å². The molecule has 0 aliphatic rings. The second-order valence-corrected chi connectivity index (χ2v) is 1.89. The van der Waals surface area contributed by atoms with Crippen LogP contribution >= 0.6 is 0 Å². The Bertz CT molecular complexity index is 287. The molecule has 1 aromatic heterocycles. The monoisotopic (exact) mass is 169 g/mol. The Morgan fingerprint density at radius 3 is 2.17 bits per heavy atom. The van der Waals surface area contributed by atoms with Gasteiger partial charge in [-0.25, -0.2) is 0 Å². The highest BCUT2D eigenvalue weighted by atomic mass is 16.6. The molecular weight excluding hydrogens is 166 g/mol. The summed E-state index contributed by atoms with van der Waals surface area (Å²) in [4.78, 5) is 22.0. The summed E-state index contributed by atoms with van der Waals surface area (Å²) in [5.74, 6) is -0.402. The summed E-state index contributed by atoms with van der Waals surface area (Å²) in [6.45, 7) is 0. The van der Waals surface area contributed by atoms with Crippen molar-refractivity contribution >= 4 is 11.5 Å². The van der Waals surface area contributed by atoms with E-state index in [9.17, 15) is 20.2 Å². The molecule has 0 unspecified atom stereocenters. The zero-order chi connectivity index (χ0) is 9.14. The van der Waals surface area contributed by atoms with E-state index < -0.39 is 15.7 Å². The molecule has 0 atom stereocenters. The Kier molecular flexibility index (Phi) is 1.95. The van der Waals surface area contributed by atoms with E-state index in [1.54, 1.807) is 0 Å². The van der Waals surface area contributed by atoms with Gasteiger partial charge in [0.2, 0.25) is 6.20 Å². The number of nitro groups is 2. The van der Waals surface area contributed by atoms with Crippen LogP contribution in [0.1, 0.15) is 0 Å². The smallest absolute Gasteiger partial charge is 0.358 e. The van der Waals surface area contributed by atoms with Gasteiger partial charge in [-0.05, 0) is 9.91 Å². The maximum atomic E-state index is 10.1. The first-order valence-electron chi connectivity index (χ1n) is 2.86. The van der Waals surface area contributed by atoms with Crippen LogP contribution in [-0.2, 0) is 0 Å². The standard InChI is InChI=1S/C5H3N3O4/c9-7(10)4-1-2-5(6-3-4)8(11)12/h1-3H. The van der Waals surface area contributed by atoms with Gasteiger partial charge in [0.15, 0.2) is 0 Å². The van der Waals surface area contributed by atoms with Gasteiger partial charge in [0.25, 0.3) is 0 Å². The van der Waals surface area contributed by atoms with Crippen molar-refractivity contribution in [2.45, 2.75) is 0 Å². The molecule has 1 rings (SSSR count).